The molecule has 0 aromatic heterocycles. The lowest BCUT2D eigenvalue weighted by Crippen LogP contribution is -2.20. The molecule has 10 heteroatoms. The summed E-state index contributed by atoms with van der Waals surface area (Å²) in [6.45, 7) is 3.70. The molecule has 0 spiro atoms. The summed E-state index contributed by atoms with van der Waals surface area (Å²) in [5.41, 5.74) is 2.30. The Bertz CT molecular complexity index is 1400. The normalized spacial score (nSPS) is 10.9. The Kier molecular flexibility index (Phi) is 9.98. The molecule has 190 valence electrons. The Morgan fingerprint density at radius 1 is 1.05 bits per heavy atom. The Morgan fingerprint density at radius 2 is 1.81 bits per heavy atom. The highest BCUT2D eigenvalue weighted by molar-refractivity contribution is 9.10. The molecule has 0 unspecified atom stereocenters. The van der Waals surface area contributed by atoms with Gasteiger partial charge in [0.05, 0.1) is 11.1 Å². The average Bonchev–Trinajstić information content (AvgIpc) is 2.84. The van der Waals surface area contributed by atoms with Gasteiger partial charge in [-0.1, -0.05) is 35.3 Å². The van der Waals surface area contributed by atoms with E-state index >= 15 is 0 Å². The zero-order chi connectivity index (χ0) is 26.9. The van der Waals surface area contributed by atoms with Gasteiger partial charge in [0.15, 0.2) is 18.1 Å². The number of anilines is 2. The SMILES string of the molecule is CCOc1cc(/C=C(/C#N)C(=O)Nc2cccc(Cl)c2)cc(Br)c1OCC(=O)Nc1ccc(C)c(Cl)c1. The van der Waals surface area contributed by atoms with Crippen LogP contribution in [0.1, 0.15) is 18.1 Å². The summed E-state index contributed by atoms with van der Waals surface area (Å²) < 4.78 is 11.9. The van der Waals surface area contributed by atoms with E-state index in [1.807, 2.05) is 13.0 Å². The predicted molar refractivity (Wildman–Crippen MR) is 149 cm³/mol. The van der Waals surface area contributed by atoms with Gasteiger partial charge >= 0.3 is 0 Å². The lowest BCUT2D eigenvalue weighted by Gasteiger charge is -2.15. The van der Waals surface area contributed by atoms with Gasteiger partial charge in [0.25, 0.3) is 11.8 Å². The lowest BCUT2D eigenvalue weighted by atomic mass is 10.1. The van der Waals surface area contributed by atoms with Gasteiger partial charge in [0, 0.05) is 21.4 Å². The van der Waals surface area contributed by atoms with Gasteiger partial charge in [-0.05, 0) is 89.4 Å². The Labute approximate surface area is 233 Å². The van der Waals surface area contributed by atoms with Crippen molar-refractivity contribution in [3.63, 3.8) is 0 Å². The first-order chi connectivity index (χ1) is 17.7. The summed E-state index contributed by atoms with van der Waals surface area (Å²) in [4.78, 5) is 25.0. The number of nitrogens with zero attached hydrogens (tertiary/aromatic N) is 1. The molecule has 37 heavy (non-hydrogen) atoms. The summed E-state index contributed by atoms with van der Waals surface area (Å²) in [7, 11) is 0. The molecule has 0 saturated heterocycles. The fourth-order valence-electron chi connectivity index (χ4n) is 3.16. The number of hydrogen-bond donors (Lipinski definition) is 2. The van der Waals surface area contributed by atoms with Crippen LogP contribution < -0.4 is 20.1 Å². The van der Waals surface area contributed by atoms with Crippen molar-refractivity contribution in [2.24, 2.45) is 0 Å². The first-order valence-electron chi connectivity index (χ1n) is 11.0. The average molecular weight is 603 g/mol. The zero-order valence-electron chi connectivity index (χ0n) is 19.9. The first kappa shape index (κ1) is 28.1. The van der Waals surface area contributed by atoms with Gasteiger partial charge in [-0.15, -0.1) is 0 Å². The van der Waals surface area contributed by atoms with Crippen LogP contribution in [0.5, 0.6) is 11.5 Å². The van der Waals surface area contributed by atoms with Crippen LogP contribution >= 0.6 is 39.1 Å². The molecule has 0 heterocycles. The molecule has 2 amide bonds. The molecule has 3 aromatic rings. The monoisotopic (exact) mass is 601 g/mol. The minimum absolute atomic E-state index is 0.126. The first-order valence-corrected chi connectivity index (χ1v) is 12.6. The zero-order valence-corrected chi connectivity index (χ0v) is 23.0. The molecular formula is C27H22BrCl2N3O4. The van der Waals surface area contributed by atoms with Gasteiger partial charge in [-0.3, -0.25) is 9.59 Å². The summed E-state index contributed by atoms with van der Waals surface area (Å²) in [5.74, 6) is -0.338. The third-order valence-electron chi connectivity index (χ3n) is 4.89. The Morgan fingerprint density at radius 3 is 2.49 bits per heavy atom. The van der Waals surface area contributed by atoms with Crippen LogP contribution in [0, 0.1) is 18.3 Å². The Balaban J connectivity index is 1.77. The maximum atomic E-state index is 12.6. The molecule has 0 atom stereocenters. The molecule has 0 bridgehead atoms. The molecule has 0 radical (unpaired) electrons. The maximum absolute atomic E-state index is 12.6. The number of rotatable bonds is 9. The second-order valence-corrected chi connectivity index (χ2v) is 9.40. The van der Waals surface area contributed by atoms with Crippen LogP contribution in [0.4, 0.5) is 11.4 Å². The maximum Gasteiger partial charge on any atom is 0.266 e. The fourth-order valence-corrected chi connectivity index (χ4v) is 4.10. The van der Waals surface area contributed by atoms with E-state index in [0.717, 1.165) is 5.56 Å². The number of amides is 2. The topological polar surface area (TPSA) is 100 Å². The summed E-state index contributed by atoms with van der Waals surface area (Å²) in [5, 5.41) is 15.9. The molecule has 3 aromatic carbocycles. The van der Waals surface area contributed by atoms with Crippen molar-refractivity contribution in [3.8, 4) is 17.6 Å². The highest BCUT2D eigenvalue weighted by Crippen LogP contribution is 2.37. The highest BCUT2D eigenvalue weighted by Gasteiger charge is 2.16. The third kappa shape index (κ3) is 7.99. The quantitative estimate of drug-likeness (QED) is 0.202. The largest absolute Gasteiger partial charge is 0.490 e. The number of carbonyl (C=O) groups is 2. The molecule has 0 aliphatic heterocycles. The Hall–Kier alpha value is -3.51. The van der Waals surface area contributed by atoms with Crippen molar-refractivity contribution in [3.05, 3.63) is 85.8 Å². The van der Waals surface area contributed by atoms with Crippen LogP contribution in [0.25, 0.3) is 6.08 Å². The van der Waals surface area contributed by atoms with E-state index < -0.39 is 5.91 Å². The minimum atomic E-state index is -0.591. The smallest absolute Gasteiger partial charge is 0.266 e. The molecule has 0 saturated carbocycles. The predicted octanol–water partition coefficient (Wildman–Crippen LogP) is 7.03. The van der Waals surface area contributed by atoms with Crippen LogP contribution in [0.15, 0.2) is 64.6 Å². The number of aryl methyl sites for hydroxylation is 1. The van der Waals surface area contributed by atoms with Crippen molar-refractivity contribution in [1.29, 1.82) is 5.26 Å². The second kappa shape index (κ2) is 13.2. The van der Waals surface area contributed by atoms with E-state index in [9.17, 15) is 14.9 Å². The molecule has 3 rings (SSSR count). The van der Waals surface area contributed by atoms with Crippen molar-refractivity contribution in [2.45, 2.75) is 13.8 Å². The second-order valence-electron chi connectivity index (χ2n) is 7.70. The molecular weight excluding hydrogens is 581 g/mol. The number of nitrogens with one attached hydrogen (secondary N) is 2. The number of benzene rings is 3. The van der Waals surface area contributed by atoms with Crippen molar-refractivity contribution >= 4 is 68.4 Å². The molecule has 7 nitrogen and oxygen atoms in total. The van der Waals surface area contributed by atoms with Crippen molar-refractivity contribution < 1.29 is 19.1 Å². The number of carbonyl (C=O) groups excluding carboxylic acids is 2. The lowest BCUT2D eigenvalue weighted by molar-refractivity contribution is -0.118. The summed E-state index contributed by atoms with van der Waals surface area (Å²) >= 11 is 15.5. The fraction of sp³-hybridized carbons (Fsp3) is 0.148. The van der Waals surface area contributed by atoms with Gasteiger partial charge in [-0.25, -0.2) is 0 Å². The summed E-state index contributed by atoms with van der Waals surface area (Å²) in [6.07, 6.45) is 1.42. The van der Waals surface area contributed by atoms with Crippen LogP contribution in [0.2, 0.25) is 10.0 Å². The van der Waals surface area contributed by atoms with Gasteiger partial charge in [-0.2, -0.15) is 5.26 Å². The molecule has 0 aliphatic rings. The number of halogens is 3. The van der Waals surface area contributed by atoms with E-state index in [0.29, 0.717) is 49.6 Å². The minimum Gasteiger partial charge on any atom is -0.490 e. The van der Waals surface area contributed by atoms with E-state index in [1.54, 1.807) is 61.5 Å². The summed E-state index contributed by atoms with van der Waals surface area (Å²) in [6, 6.07) is 17.0. The van der Waals surface area contributed by atoms with Crippen molar-refractivity contribution in [1.82, 2.24) is 0 Å². The molecule has 0 fully saturated rings. The van der Waals surface area contributed by atoms with E-state index in [1.165, 1.54) is 6.08 Å². The van der Waals surface area contributed by atoms with Gasteiger partial charge in [0.1, 0.15) is 11.6 Å². The van der Waals surface area contributed by atoms with Crippen LogP contribution in [-0.4, -0.2) is 25.0 Å². The van der Waals surface area contributed by atoms with E-state index in [2.05, 4.69) is 26.6 Å². The standard InChI is InChI=1S/C27H22BrCl2N3O4/c1-3-36-24-11-17(9-18(14-31)27(35)33-20-6-4-5-19(29)12-20)10-22(28)26(24)37-15-25(34)32-21-8-7-16(2)23(30)13-21/h4-13H,3,15H2,1-2H3,(H,32,34)(H,33,35)/b18-9-. The van der Waals surface area contributed by atoms with Gasteiger partial charge in [0.2, 0.25) is 0 Å². The van der Waals surface area contributed by atoms with Crippen molar-refractivity contribution in [2.75, 3.05) is 23.8 Å². The number of nitriles is 1. The third-order valence-corrected chi connectivity index (χ3v) is 6.12. The highest BCUT2D eigenvalue weighted by atomic mass is 79.9. The number of hydrogen-bond acceptors (Lipinski definition) is 5. The molecule has 2 N–H and O–H groups in total. The van der Waals surface area contributed by atoms with Crippen LogP contribution in [-0.2, 0) is 9.59 Å². The van der Waals surface area contributed by atoms with Gasteiger partial charge < -0.3 is 20.1 Å². The number of ether oxygens (including phenoxy) is 2. The van der Waals surface area contributed by atoms with Crippen LogP contribution in [0.3, 0.4) is 0 Å². The van der Waals surface area contributed by atoms with E-state index in [4.69, 9.17) is 32.7 Å². The molecule has 0 aliphatic carbocycles. The van der Waals surface area contributed by atoms with E-state index in [-0.39, 0.29) is 18.1 Å².